The largest absolute Gasteiger partial charge is 0.452 e. The number of esters is 1. The highest BCUT2D eigenvalue weighted by Gasteiger charge is 2.11. The number of benzene rings is 2. The summed E-state index contributed by atoms with van der Waals surface area (Å²) in [7, 11) is 0. The van der Waals surface area contributed by atoms with E-state index in [1.807, 2.05) is 6.07 Å². The molecule has 0 heterocycles. The number of halogens is 2. The summed E-state index contributed by atoms with van der Waals surface area (Å²) in [4.78, 5) is 23.6. The van der Waals surface area contributed by atoms with E-state index in [2.05, 4.69) is 10.1 Å². The maximum Gasteiger partial charge on any atom is 0.387 e. The minimum absolute atomic E-state index is 0.0446. The van der Waals surface area contributed by atoms with Crippen molar-refractivity contribution in [3.8, 4) is 11.8 Å². The average molecular weight is 346 g/mol. The Kier molecular flexibility index (Phi) is 6.01. The maximum absolute atomic E-state index is 12.0. The fraction of sp³-hybridized carbons (Fsp3) is 0.118. The second kappa shape index (κ2) is 8.40. The molecule has 1 N–H and O–H groups in total. The lowest BCUT2D eigenvalue weighted by Crippen LogP contribution is -2.20. The van der Waals surface area contributed by atoms with Crippen LogP contribution in [0.3, 0.4) is 0 Å². The number of nitrogens with one attached hydrogen (secondary N) is 1. The molecule has 2 aromatic rings. The Labute approximate surface area is 141 Å². The summed E-state index contributed by atoms with van der Waals surface area (Å²) < 4.78 is 33.1. The molecular formula is C17H12F2N2O4. The van der Waals surface area contributed by atoms with Crippen LogP contribution in [0.4, 0.5) is 14.5 Å². The van der Waals surface area contributed by atoms with Crippen LogP contribution in [0.1, 0.15) is 15.9 Å². The van der Waals surface area contributed by atoms with Crippen molar-refractivity contribution in [3.05, 3.63) is 59.7 Å². The Morgan fingerprint density at radius 3 is 2.52 bits per heavy atom. The summed E-state index contributed by atoms with van der Waals surface area (Å²) in [5.74, 6) is -1.39. The fourth-order valence-corrected chi connectivity index (χ4v) is 1.85. The smallest absolute Gasteiger partial charge is 0.387 e. The van der Waals surface area contributed by atoms with Crippen LogP contribution in [0.15, 0.2) is 48.5 Å². The molecule has 1 amide bonds. The van der Waals surface area contributed by atoms with E-state index < -0.39 is 25.1 Å². The normalized spacial score (nSPS) is 10.0. The number of nitriles is 1. The third kappa shape index (κ3) is 5.58. The summed E-state index contributed by atoms with van der Waals surface area (Å²) in [6.45, 7) is -3.47. The van der Waals surface area contributed by atoms with Crippen LogP contribution >= 0.6 is 0 Å². The Morgan fingerprint density at radius 1 is 1.16 bits per heavy atom. The van der Waals surface area contributed by atoms with Gasteiger partial charge in [0.25, 0.3) is 5.91 Å². The maximum atomic E-state index is 12.0. The van der Waals surface area contributed by atoms with Crippen molar-refractivity contribution in [2.45, 2.75) is 6.61 Å². The molecule has 8 heteroatoms. The summed E-state index contributed by atoms with van der Waals surface area (Å²) in [6.07, 6.45) is 0. The summed E-state index contributed by atoms with van der Waals surface area (Å²) >= 11 is 0. The van der Waals surface area contributed by atoms with E-state index in [0.29, 0.717) is 11.3 Å². The highest BCUT2D eigenvalue weighted by molar-refractivity contribution is 5.95. The zero-order chi connectivity index (χ0) is 18.2. The Balaban J connectivity index is 1.85. The van der Waals surface area contributed by atoms with Crippen molar-refractivity contribution in [1.29, 1.82) is 5.26 Å². The number of nitrogens with zero attached hydrogens (tertiary/aromatic N) is 1. The monoisotopic (exact) mass is 346 g/mol. The van der Waals surface area contributed by atoms with Crippen molar-refractivity contribution in [2.75, 3.05) is 11.9 Å². The Bertz CT molecular complexity index is 801. The van der Waals surface area contributed by atoms with Gasteiger partial charge in [-0.15, -0.1) is 0 Å². The number of hydrogen-bond donors (Lipinski definition) is 1. The summed E-state index contributed by atoms with van der Waals surface area (Å²) in [5.41, 5.74) is 0.777. The Morgan fingerprint density at radius 2 is 1.88 bits per heavy atom. The van der Waals surface area contributed by atoms with Gasteiger partial charge in [0.15, 0.2) is 6.61 Å². The zero-order valence-corrected chi connectivity index (χ0v) is 12.7. The van der Waals surface area contributed by atoms with E-state index in [0.717, 1.165) is 0 Å². The van der Waals surface area contributed by atoms with Gasteiger partial charge >= 0.3 is 12.6 Å². The molecule has 0 aliphatic heterocycles. The molecule has 0 aliphatic carbocycles. The first kappa shape index (κ1) is 17.9. The molecule has 25 heavy (non-hydrogen) atoms. The van der Waals surface area contributed by atoms with Crippen LogP contribution in [0.2, 0.25) is 0 Å². The van der Waals surface area contributed by atoms with Crippen LogP contribution in [-0.4, -0.2) is 25.1 Å². The standard InChI is InChI=1S/C17H12F2N2O4/c18-17(19)25-14-6-4-13(5-7-14)21-15(22)10-24-16(23)12-3-1-2-11(8-12)9-20/h1-8,17H,10H2,(H,21,22). The molecule has 0 aliphatic rings. The highest BCUT2D eigenvalue weighted by Crippen LogP contribution is 2.17. The minimum atomic E-state index is -2.93. The van der Waals surface area contributed by atoms with E-state index >= 15 is 0 Å². The molecule has 0 unspecified atom stereocenters. The molecule has 0 spiro atoms. The lowest BCUT2D eigenvalue weighted by Gasteiger charge is -2.08. The number of alkyl halides is 2. The van der Waals surface area contributed by atoms with Gasteiger partial charge in [0.05, 0.1) is 17.2 Å². The molecule has 6 nitrogen and oxygen atoms in total. The van der Waals surface area contributed by atoms with E-state index in [-0.39, 0.29) is 11.3 Å². The van der Waals surface area contributed by atoms with Crippen molar-refractivity contribution in [1.82, 2.24) is 0 Å². The van der Waals surface area contributed by atoms with Crippen molar-refractivity contribution in [3.63, 3.8) is 0 Å². The van der Waals surface area contributed by atoms with Gasteiger partial charge in [-0.25, -0.2) is 4.79 Å². The summed E-state index contributed by atoms with van der Waals surface area (Å²) in [5, 5.41) is 11.2. The lowest BCUT2D eigenvalue weighted by molar-refractivity contribution is -0.119. The third-order valence-corrected chi connectivity index (χ3v) is 2.92. The molecule has 128 valence electrons. The number of carbonyl (C=O) groups excluding carboxylic acids is 2. The summed E-state index contributed by atoms with van der Waals surface area (Å²) in [6, 6.07) is 13.0. The van der Waals surface area contributed by atoms with E-state index in [1.165, 1.54) is 48.5 Å². The van der Waals surface area contributed by atoms with Crippen molar-refractivity contribution >= 4 is 17.6 Å². The first-order chi connectivity index (χ1) is 12.0. The first-order valence-corrected chi connectivity index (χ1v) is 7.00. The molecule has 0 saturated heterocycles. The minimum Gasteiger partial charge on any atom is -0.452 e. The van der Waals surface area contributed by atoms with Crippen molar-refractivity contribution < 1.29 is 27.8 Å². The number of ether oxygens (including phenoxy) is 2. The quantitative estimate of drug-likeness (QED) is 0.813. The van der Waals surface area contributed by atoms with Crippen LogP contribution in [-0.2, 0) is 9.53 Å². The predicted octanol–water partition coefficient (Wildman–Crippen LogP) is 2.96. The number of rotatable bonds is 6. The average Bonchev–Trinajstić information content (AvgIpc) is 2.61. The first-order valence-electron chi connectivity index (χ1n) is 7.00. The van der Waals surface area contributed by atoms with Gasteiger partial charge in [-0.3, -0.25) is 4.79 Å². The van der Waals surface area contributed by atoms with Crippen molar-refractivity contribution in [2.24, 2.45) is 0 Å². The van der Waals surface area contributed by atoms with Gasteiger partial charge in [0.2, 0.25) is 0 Å². The molecule has 0 bridgehead atoms. The second-order valence-corrected chi connectivity index (χ2v) is 4.72. The van der Waals surface area contributed by atoms with E-state index in [4.69, 9.17) is 10.00 Å². The second-order valence-electron chi connectivity index (χ2n) is 4.72. The van der Waals surface area contributed by atoms with Gasteiger partial charge < -0.3 is 14.8 Å². The zero-order valence-electron chi connectivity index (χ0n) is 12.7. The SMILES string of the molecule is N#Cc1cccc(C(=O)OCC(=O)Nc2ccc(OC(F)F)cc2)c1. The van der Waals surface area contributed by atoms with Gasteiger partial charge in [-0.1, -0.05) is 6.07 Å². The molecular weight excluding hydrogens is 334 g/mol. The lowest BCUT2D eigenvalue weighted by atomic mass is 10.1. The fourth-order valence-electron chi connectivity index (χ4n) is 1.85. The van der Waals surface area contributed by atoms with Gasteiger partial charge in [0, 0.05) is 5.69 Å². The third-order valence-electron chi connectivity index (χ3n) is 2.92. The number of carbonyl (C=O) groups is 2. The number of hydrogen-bond acceptors (Lipinski definition) is 5. The van der Waals surface area contributed by atoms with Crippen LogP contribution < -0.4 is 10.1 Å². The molecule has 0 aromatic heterocycles. The van der Waals surface area contributed by atoms with Gasteiger partial charge in [-0.05, 0) is 42.5 Å². The van der Waals surface area contributed by atoms with Gasteiger partial charge in [-0.2, -0.15) is 14.0 Å². The Hall–Kier alpha value is -3.47. The number of anilines is 1. The van der Waals surface area contributed by atoms with Crippen LogP contribution in [0.5, 0.6) is 5.75 Å². The van der Waals surface area contributed by atoms with E-state index in [1.54, 1.807) is 0 Å². The molecule has 0 saturated carbocycles. The van der Waals surface area contributed by atoms with Crippen LogP contribution in [0.25, 0.3) is 0 Å². The highest BCUT2D eigenvalue weighted by atomic mass is 19.3. The molecule has 0 atom stereocenters. The molecule has 0 radical (unpaired) electrons. The topological polar surface area (TPSA) is 88.4 Å². The van der Waals surface area contributed by atoms with Gasteiger partial charge in [0.1, 0.15) is 5.75 Å². The molecule has 0 fully saturated rings. The molecule has 2 rings (SSSR count). The number of amides is 1. The molecule has 2 aromatic carbocycles. The van der Waals surface area contributed by atoms with Crippen LogP contribution in [0, 0.1) is 11.3 Å². The predicted molar refractivity (Wildman–Crippen MR) is 83.1 cm³/mol. The van der Waals surface area contributed by atoms with E-state index in [9.17, 15) is 18.4 Å².